The van der Waals surface area contributed by atoms with E-state index in [1.54, 1.807) is 18.9 Å². The van der Waals surface area contributed by atoms with E-state index in [1.165, 1.54) is 0 Å². The average Bonchev–Trinajstić information content (AvgIpc) is 2.06. The normalized spacial score (nSPS) is 17.3. The van der Waals surface area contributed by atoms with Crippen molar-refractivity contribution in [3.63, 3.8) is 0 Å². The van der Waals surface area contributed by atoms with E-state index in [4.69, 9.17) is 4.74 Å². The zero-order valence-electron chi connectivity index (χ0n) is 9.16. The number of rotatable bonds is 5. The topological polar surface area (TPSA) is 29.5 Å². The largest absolute Gasteiger partial charge is 0.384 e. The lowest BCUT2D eigenvalue weighted by atomic mass is 10.0. The summed E-state index contributed by atoms with van der Waals surface area (Å²) in [5.74, 6) is 1.46. The summed E-state index contributed by atoms with van der Waals surface area (Å²) in [6.07, 6.45) is 0. The molecule has 0 bridgehead atoms. The van der Waals surface area contributed by atoms with Gasteiger partial charge in [0.1, 0.15) is 0 Å². The second-order valence-electron chi connectivity index (χ2n) is 3.98. The lowest BCUT2D eigenvalue weighted by Gasteiger charge is -2.38. The Hall–Kier alpha value is -0.220. The first-order valence-electron chi connectivity index (χ1n) is 5.01. The van der Waals surface area contributed by atoms with Crippen LogP contribution < -0.4 is 0 Å². The van der Waals surface area contributed by atoms with Crippen molar-refractivity contribution < 1.29 is 9.53 Å². The third-order valence-corrected chi connectivity index (χ3v) is 3.33. The summed E-state index contributed by atoms with van der Waals surface area (Å²) in [4.78, 5) is 13.5. The molecule has 3 nitrogen and oxygen atoms in total. The number of carbonyl (C=O) groups is 1. The van der Waals surface area contributed by atoms with Gasteiger partial charge in [-0.3, -0.25) is 4.79 Å². The fraction of sp³-hybridized carbons (Fsp3) is 0.900. The van der Waals surface area contributed by atoms with Crippen LogP contribution in [0.1, 0.15) is 13.8 Å². The Morgan fingerprint density at radius 3 is 2.71 bits per heavy atom. The molecule has 1 heterocycles. The van der Waals surface area contributed by atoms with Crippen LogP contribution in [-0.2, 0) is 9.53 Å². The third kappa shape index (κ3) is 3.50. The van der Waals surface area contributed by atoms with Gasteiger partial charge in [-0.25, -0.2) is 0 Å². The summed E-state index contributed by atoms with van der Waals surface area (Å²) in [5, 5.41) is 0.537. The smallest absolute Gasteiger partial charge is 0.232 e. The van der Waals surface area contributed by atoms with Gasteiger partial charge in [0.2, 0.25) is 5.91 Å². The van der Waals surface area contributed by atoms with Gasteiger partial charge >= 0.3 is 0 Å². The van der Waals surface area contributed by atoms with Gasteiger partial charge in [0.05, 0.1) is 12.4 Å². The van der Waals surface area contributed by atoms with Crippen molar-refractivity contribution in [3.05, 3.63) is 0 Å². The lowest BCUT2D eigenvalue weighted by Crippen LogP contribution is -2.52. The minimum absolute atomic E-state index is 0.274. The molecule has 82 valence electrons. The molecule has 0 aromatic rings. The molecule has 4 heteroatoms. The summed E-state index contributed by atoms with van der Waals surface area (Å²) in [6, 6.07) is 0. The highest BCUT2D eigenvalue weighted by atomic mass is 32.2. The molecule has 14 heavy (non-hydrogen) atoms. The number of thioether (sulfide) groups is 1. The maximum Gasteiger partial charge on any atom is 0.232 e. The standard InChI is InChI=1S/C10H19NO2S/c1-8(2)14-7-10(12)11-4-9(5-11)6-13-3/h8-9H,4-7H2,1-3H3. The van der Waals surface area contributed by atoms with Gasteiger partial charge in [0.15, 0.2) is 0 Å². The maximum absolute atomic E-state index is 11.5. The summed E-state index contributed by atoms with van der Waals surface area (Å²) < 4.78 is 5.03. The monoisotopic (exact) mass is 217 g/mol. The molecule has 0 unspecified atom stereocenters. The number of ether oxygens (including phenoxy) is 1. The minimum atomic E-state index is 0.274. The van der Waals surface area contributed by atoms with E-state index in [9.17, 15) is 4.79 Å². The summed E-state index contributed by atoms with van der Waals surface area (Å²) in [6.45, 7) is 6.77. The fourth-order valence-corrected chi connectivity index (χ4v) is 2.10. The van der Waals surface area contributed by atoms with Crippen molar-refractivity contribution in [3.8, 4) is 0 Å². The van der Waals surface area contributed by atoms with Crippen molar-refractivity contribution in [2.75, 3.05) is 32.6 Å². The van der Waals surface area contributed by atoms with Crippen LogP contribution in [-0.4, -0.2) is 48.6 Å². The van der Waals surface area contributed by atoms with Crippen LogP contribution in [0, 0.1) is 5.92 Å². The van der Waals surface area contributed by atoms with Crippen LogP contribution in [0.4, 0.5) is 0 Å². The molecular weight excluding hydrogens is 198 g/mol. The molecule has 1 aliphatic heterocycles. The first kappa shape index (κ1) is 11.9. The molecule has 0 N–H and O–H groups in total. The van der Waals surface area contributed by atoms with Gasteiger partial charge in [0.25, 0.3) is 0 Å². The van der Waals surface area contributed by atoms with E-state index >= 15 is 0 Å². The van der Waals surface area contributed by atoms with Crippen LogP contribution in [0.5, 0.6) is 0 Å². The maximum atomic E-state index is 11.5. The van der Waals surface area contributed by atoms with Crippen molar-refractivity contribution in [2.24, 2.45) is 5.92 Å². The van der Waals surface area contributed by atoms with E-state index < -0.39 is 0 Å². The van der Waals surface area contributed by atoms with E-state index in [0.717, 1.165) is 19.7 Å². The number of hydrogen-bond donors (Lipinski definition) is 0. The van der Waals surface area contributed by atoms with Crippen LogP contribution in [0.3, 0.4) is 0 Å². The molecule has 0 atom stereocenters. The number of likely N-dealkylation sites (tertiary alicyclic amines) is 1. The Labute approximate surface area is 90.2 Å². The molecule has 0 aliphatic carbocycles. The molecule has 1 rings (SSSR count). The highest BCUT2D eigenvalue weighted by Gasteiger charge is 2.29. The van der Waals surface area contributed by atoms with Gasteiger partial charge in [-0.2, -0.15) is 0 Å². The van der Waals surface area contributed by atoms with Crippen LogP contribution in [0.2, 0.25) is 0 Å². The minimum Gasteiger partial charge on any atom is -0.384 e. The SMILES string of the molecule is COCC1CN(C(=O)CSC(C)C)C1. The second-order valence-corrected chi connectivity index (χ2v) is 5.54. The van der Waals surface area contributed by atoms with Gasteiger partial charge in [-0.15, -0.1) is 11.8 Å². The number of methoxy groups -OCH3 is 1. The average molecular weight is 217 g/mol. The van der Waals surface area contributed by atoms with E-state index in [-0.39, 0.29) is 5.91 Å². The molecule has 0 radical (unpaired) electrons. The van der Waals surface area contributed by atoms with Gasteiger partial charge in [-0.05, 0) is 5.25 Å². The molecule has 0 aromatic carbocycles. The molecular formula is C10H19NO2S. The van der Waals surface area contributed by atoms with Crippen LogP contribution in [0.25, 0.3) is 0 Å². The Morgan fingerprint density at radius 2 is 2.21 bits per heavy atom. The van der Waals surface area contributed by atoms with Crippen molar-refractivity contribution in [1.82, 2.24) is 4.90 Å². The summed E-state index contributed by atoms with van der Waals surface area (Å²) >= 11 is 1.71. The van der Waals surface area contributed by atoms with Gasteiger partial charge in [-0.1, -0.05) is 13.8 Å². The molecule has 1 saturated heterocycles. The number of nitrogens with zero attached hydrogens (tertiary/aromatic N) is 1. The molecule has 1 aliphatic rings. The molecule has 0 aromatic heterocycles. The number of carbonyl (C=O) groups excluding carboxylic acids is 1. The predicted octanol–water partition coefficient (Wildman–Crippen LogP) is 1.23. The highest BCUT2D eigenvalue weighted by molar-refractivity contribution is 8.00. The van der Waals surface area contributed by atoms with Crippen molar-refractivity contribution >= 4 is 17.7 Å². The third-order valence-electron chi connectivity index (χ3n) is 2.25. The van der Waals surface area contributed by atoms with E-state index in [1.807, 2.05) is 4.90 Å². The Kier molecular flexibility index (Phi) is 4.75. The second kappa shape index (κ2) is 5.61. The quantitative estimate of drug-likeness (QED) is 0.694. The molecule has 1 fully saturated rings. The Morgan fingerprint density at radius 1 is 1.57 bits per heavy atom. The van der Waals surface area contributed by atoms with E-state index in [0.29, 0.717) is 16.9 Å². The van der Waals surface area contributed by atoms with Gasteiger partial charge < -0.3 is 9.64 Å². The molecule has 1 amide bonds. The zero-order chi connectivity index (χ0) is 10.6. The van der Waals surface area contributed by atoms with E-state index in [2.05, 4.69) is 13.8 Å². The Bertz CT molecular complexity index is 191. The van der Waals surface area contributed by atoms with Crippen LogP contribution >= 0.6 is 11.8 Å². The van der Waals surface area contributed by atoms with Crippen molar-refractivity contribution in [1.29, 1.82) is 0 Å². The lowest BCUT2D eigenvalue weighted by molar-refractivity contribution is -0.135. The zero-order valence-corrected chi connectivity index (χ0v) is 9.97. The van der Waals surface area contributed by atoms with Crippen LogP contribution in [0.15, 0.2) is 0 Å². The predicted molar refractivity (Wildman–Crippen MR) is 59.5 cm³/mol. The van der Waals surface area contributed by atoms with Crippen molar-refractivity contribution in [2.45, 2.75) is 19.1 Å². The Balaban J connectivity index is 2.10. The summed E-state index contributed by atoms with van der Waals surface area (Å²) in [7, 11) is 1.71. The number of amides is 1. The first-order chi connectivity index (χ1) is 6.63. The molecule has 0 spiro atoms. The number of hydrogen-bond acceptors (Lipinski definition) is 3. The molecule has 0 saturated carbocycles. The highest BCUT2D eigenvalue weighted by Crippen LogP contribution is 2.18. The first-order valence-corrected chi connectivity index (χ1v) is 6.06. The van der Waals surface area contributed by atoms with Gasteiger partial charge in [0, 0.05) is 26.1 Å². The summed E-state index contributed by atoms with van der Waals surface area (Å²) in [5.41, 5.74) is 0. The fourth-order valence-electron chi connectivity index (χ4n) is 1.44.